The lowest BCUT2D eigenvalue weighted by atomic mass is 10.1. The van der Waals surface area contributed by atoms with Gasteiger partial charge in [0.05, 0.1) is 12.5 Å². The first-order chi connectivity index (χ1) is 8.34. The maximum atomic E-state index is 12.2. The number of thiophene rings is 1. The molecule has 0 aliphatic heterocycles. The van der Waals surface area contributed by atoms with Crippen molar-refractivity contribution in [3.8, 4) is 0 Å². The van der Waals surface area contributed by atoms with Gasteiger partial charge in [-0.2, -0.15) is 4.31 Å². The number of sulfonamides is 1. The van der Waals surface area contributed by atoms with Gasteiger partial charge in [0.15, 0.2) is 0 Å². The third-order valence-electron chi connectivity index (χ3n) is 2.35. The lowest BCUT2D eigenvalue weighted by molar-refractivity contribution is -0.305. The molecule has 1 heterocycles. The number of carbonyl (C=O) groups is 1. The van der Waals surface area contributed by atoms with Crippen LogP contribution in [-0.4, -0.2) is 31.8 Å². The molecule has 0 aliphatic carbocycles. The summed E-state index contributed by atoms with van der Waals surface area (Å²) >= 11 is 1.08. The van der Waals surface area contributed by atoms with Gasteiger partial charge >= 0.3 is 0 Å². The Morgan fingerprint density at radius 2 is 2.17 bits per heavy atom. The Kier molecular flexibility index (Phi) is 5.30. The first kappa shape index (κ1) is 15.1. The van der Waals surface area contributed by atoms with Gasteiger partial charge in [0.2, 0.25) is 0 Å². The summed E-state index contributed by atoms with van der Waals surface area (Å²) in [4.78, 5) is 10.7. The van der Waals surface area contributed by atoms with E-state index in [2.05, 4.69) is 0 Å². The molecular formula is C11H16NO4S2-. The quantitative estimate of drug-likeness (QED) is 0.734. The highest BCUT2D eigenvalue weighted by Crippen LogP contribution is 2.21. The molecule has 1 aromatic rings. The molecule has 0 bridgehead atoms. The van der Waals surface area contributed by atoms with Crippen molar-refractivity contribution in [3.05, 3.63) is 17.5 Å². The van der Waals surface area contributed by atoms with Crippen LogP contribution in [0.25, 0.3) is 0 Å². The van der Waals surface area contributed by atoms with Crippen molar-refractivity contribution >= 4 is 27.3 Å². The molecule has 0 saturated carbocycles. The molecule has 7 heteroatoms. The second kappa shape index (κ2) is 6.31. The van der Waals surface area contributed by atoms with Gasteiger partial charge in [0.25, 0.3) is 10.0 Å². The largest absolute Gasteiger partial charge is 0.549 e. The molecule has 5 nitrogen and oxygen atoms in total. The number of rotatable bonds is 7. The summed E-state index contributed by atoms with van der Waals surface area (Å²) in [6.45, 7) is 3.49. The van der Waals surface area contributed by atoms with Crippen molar-refractivity contribution in [2.24, 2.45) is 5.92 Å². The number of carboxylic acid groups (broad SMARTS) is 1. The molecule has 0 radical (unpaired) electrons. The number of hydrogen-bond donors (Lipinski definition) is 0. The van der Waals surface area contributed by atoms with Gasteiger partial charge in [0.1, 0.15) is 4.21 Å². The minimum Gasteiger partial charge on any atom is -0.549 e. The van der Waals surface area contributed by atoms with Crippen molar-refractivity contribution in [3.63, 3.8) is 0 Å². The van der Waals surface area contributed by atoms with Crippen LogP contribution in [0.4, 0.5) is 0 Å². The Morgan fingerprint density at radius 1 is 1.50 bits per heavy atom. The molecular weight excluding hydrogens is 274 g/mol. The number of aliphatic carboxylic acids is 1. The number of hydrogen-bond acceptors (Lipinski definition) is 5. The van der Waals surface area contributed by atoms with Crippen LogP contribution in [0.1, 0.15) is 20.3 Å². The summed E-state index contributed by atoms with van der Waals surface area (Å²) < 4.78 is 25.5. The summed E-state index contributed by atoms with van der Waals surface area (Å²) in [6.07, 6.45) is 0.609. The molecule has 0 amide bonds. The molecule has 0 aliphatic rings. The Hall–Kier alpha value is -0.920. The van der Waals surface area contributed by atoms with Gasteiger partial charge in [-0.15, -0.1) is 11.3 Å². The highest BCUT2D eigenvalue weighted by Gasteiger charge is 2.25. The molecule has 0 N–H and O–H groups in total. The molecule has 0 spiro atoms. The van der Waals surface area contributed by atoms with Crippen LogP contribution in [0.15, 0.2) is 21.7 Å². The maximum Gasteiger partial charge on any atom is 0.252 e. The van der Waals surface area contributed by atoms with Gasteiger partial charge < -0.3 is 9.90 Å². The zero-order valence-electron chi connectivity index (χ0n) is 10.3. The Bertz CT molecular complexity index is 479. The Balaban J connectivity index is 2.91. The second-order valence-corrected chi connectivity index (χ2v) is 7.44. The van der Waals surface area contributed by atoms with E-state index in [4.69, 9.17) is 0 Å². The normalized spacial score (nSPS) is 12.2. The van der Waals surface area contributed by atoms with Gasteiger partial charge in [-0.1, -0.05) is 19.9 Å². The Labute approximate surface area is 111 Å². The van der Waals surface area contributed by atoms with Crippen LogP contribution in [0.5, 0.6) is 0 Å². The molecule has 0 fully saturated rings. The maximum absolute atomic E-state index is 12.2. The van der Waals surface area contributed by atoms with Crippen molar-refractivity contribution in [1.82, 2.24) is 4.31 Å². The summed E-state index contributed by atoms with van der Waals surface area (Å²) in [5.41, 5.74) is 0. The monoisotopic (exact) mass is 290 g/mol. The number of carbonyl (C=O) groups excluding carboxylic acids is 1. The summed E-state index contributed by atoms with van der Waals surface area (Å²) in [5, 5.41) is 12.3. The standard InChI is InChI=1S/C11H17NO4S2/c1-9(2)5-6-12(8-10(13)14)18(15,16)11-4-3-7-17-11/h3-4,7,9H,5-6,8H2,1-2H3,(H,13,14)/p-1. The fourth-order valence-electron chi connectivity index (χ4n) is 1.37. The van der Waals surface area contributed by atoms with Gasteiger partial charge in [0, 0.05) is 6.54 Å². The zero-order chi connectivity index (χ0) is 13.8. The van der Waals surface area contributed by atoms with Crippen LogP contribution >= 0.6 is 11.3 Å². The van der Waals surface area contributed by atoms with Crippen LogP contribution < -0.4 is 5.11 Å². The first-order valence-corrected chi connectivity index (χ1v) is 7.89. The minimum absolute atomic E-state index is 0.160. The smallest absolute Gasteiger partial charge is 0.252 e. The van der Waals surface area contributed by atoms with E-state index in [1.807, 2.05) is 13.8 Å². The molecule has 102 valence electrons. The fraction of sp³-hybridized carbons (Fsp3) is 0.545. The first-order valence-electron chi connectivity index (χ1n) is 5.57. The lowest BCUT2D eigenvalue weighted by Crippen LogP contribution is -2.42. The van der Waals surface area contributed by atoms with Crippen LogP contribution in [0.3, 0.4) is 0 Å². The molecule has 1 rings (SSSR count). The third kappa shape index (κ3) is 4.08. The predicted octanol–water partition coefficient (Wildman–Crippen LogP) is 0.535. The van der Waals surface area contributed by atoms with E-state index < -0.39 is 22.5 Å². The average Bonchev–Trinajstić information content (AvgIpc) is 2.76. The van der Waals surface area contributed by atoms with E-state index in [9.17, 15) is 18.3 Å². The average molecular weight is 290 g/mol. The van der Waals surface area contributed by atoms with Crippen LogP contribution in [0, 0.1) is 5.92 Å². The zero-order valence-corrected chi connectivity index (χ0v) is 12.0. The van der Waals surface area contributed by atoms with E-state index in [-0.39, 0.29) is 10.8 Å². The highest BCUT2D eigenvalue weighted by atomic mass is 32.2. The van der Waals surface area contributed by atoms with Gasteiger partial charge in [-0.3, -0.25) is 0 Å². The molecule has 1 aromatic heterocycles. The van der Waals surface area contributed by atoms with E-state index in [0.29, 0.717) is 12.3 Å². The van der Waals surface area contributed by atoms with Crippen molar-refractivity contribution in [1.29, 1.82) is 0 Å². The van der Waals surface area contributed by atoms with E-state index in [1.165, 1.54) is 6.07 Å². The highest BCUT2D eigenvalue weighted by molar-refractivity contribution is 7.91. The van der Waals surface area contributed by atoms with Gasteiger partial charge in [-0.05, 0) is 23.8 Å². The van der Waals surface area contributed by atoms with E-state index in [1.54, 1.807) is 11.4 Å². The summed E-state index contributed by atoms with van der Waals surface area (Å²) in [6, 6.07) is 3.09. The Morgan fingerprint density at radius 3 is 2.61 bits per heavy atom. The van der Waals surface area contributed by atoms with E-state index in [0.717, 1.165) is 15.6 Å². The molecule has 18 heavy (non-hydrogen) atoms. The van der Waals surface area contributed by atoms with Crippen LogP contribution in [0.2, 0.25) is 0 Å². The topological polar surface area (TPSA) is 77.5 Å². The molecule has 0 aromatic carbocycles. The van der Waals surface area contributed by atoms with Gasteiger partial charge in [-0.25, -0.2) is 8.42 Å². The fourth-order valence-corrected chi connectivity index (χ4v) is 3.91. The SMILES string of the molecule is CC(C)CCN(CC(=O)[O-])S(=O)(=O)c1cccs1. The van der Waals surface area contributed by atoms with Crippen LogP contribution in [-0.2, 0) is 14.8 Å². The molecule has 0 atom stereocenters. The summed E-state index contributed by atoms with van der Waals surface area (Å²) in [7, 11) is -3.72. The molecule has 0 unspecified atom stereocenters. The predicted molar refractivity (Wildman–Crippen MR) is 67.5 cm³/mol. The number of nitrogens with zero attached hydrogens (tertiary/aromatic N) is 1. The lowest BCUT2D eigenvalue weighted by Gasteiger charge is -2.22. The third-order valence-corrected chi connectivity index (χ3v) is 5.57. The minimum atomic E-state index is -3.72. The molecule has 0 saturated heterocycles. The van der Waals surface area contributed by atoms with Crippen molar-refractivity contribution < 1.29 is 18.3 Å². The van der Waals surface area contributed by atoms with Crippen molar-refractivity contribution in [2.75, 3.05) is 13.1 Å². The van der Waals surface area contributed by atoms with E-state index >= 15 is 0 Å². The summed E-state index contributed by atoms with van der Waals surface area (Å²) in [5.74, 6) is -1.09. The second-order valence-electron chi connectivity index (χ2n) is 4.33. The number of carboxylic acids is 1. The van der Waals surface area contributed by atoms with Crippen molar-refractivity contribution in [2.45, 2.75) is 24.5 Å².